The maximum Gasteiger partial charge on any atom is 0.0477 e. The summed E-state index contributed by atoms with van der Waals surface area (Å²) < 4.78 is 5.16. The van der Waals surface area contributed by atoms with Gasteiger partial charge in [-0.25, -0.2) is 0 Å². The summed E-state index contributed by atoms with van der Waals surface area (Å²) in [5, 5.41) is 3.47. The molecule has 0 aromatic heterocycles. The van der Waals surface area contributed by atoms with Gasteiger partial charge in [0.05, 0.1) is 0 Å². The van der Waals surface area contributed by atoms with Crippen LogP contribution >= 0.6 is 0 Å². The van der Waals surface area contributed by atoms with Crippen LogP contribution in [-0.2, 0) is 4.74 Å². The van der Waals surface area contributed by atoms with Crippen LogP contribution in [0.4, 0.5) is 0 Å². The molecule has 0 aromatic rings. The minimum atomic E-state index is 0.671. The van der Waals surface area contributed by atoms with E-state index >= 15 is 0 Å². The highest BCUT2D eigenvalue weighted by Crippen LogP contribution is 2.19. The summed E-state index contributed by atoms with van der Waals surface area (Å²) >= 11 is 0. The molecule has 1 N–H and O–H groups in total. The normalized spacial score (nSPS) is 24.6. The number of rotatable bonds is 7. The molecule has 1 fully saturated rings. The molecule has 0 aliphatic carbocycles. The second kappa shape index (κ2) is 8.04. The highest BCUT2D eigenvalue weighted by Gasteiger charge is 2.22. The van der Waals surface area contributed by atoms with E-state index in [9.17, 15) is 0 Å². The molecule has 3 nitrogen and oxygen atoms in total. The standard InChI is InChI=1S/C13H28N2O/c1-4-14-10-13-6-5-8-15(11-13)12(2)7-9-16-3/h12-14H,4-11H2,1-3H3. The summed E-state index contributed by atoms with van der Waals surface area (Å²) in [5.41, 5.74) is 0. The zero-order valence-electron chi connectivity index (χ0n) is 11.2. The van der Waals surface area contributed by atoms with Gasteiger partial charge in [0.2, 0.25) is 0 Å². The van der Waals surface area contributed by atoms with Crippen LogP contribution in [0, 0.1) is 5.92 Å². The number of hydrogen-bond donors (Lipinski definition) is 1. The molecule has 1 saturated heterocycles. The van der Waals surface area contributed by atoms with Gasteiger partial charge in [-0.15, -0.1) is 0 Å². The first-order valence-corrected chi connectivity index (χ1v) is 6.71. The zero-order chi connectivity index (χ0) is 11.8. The van der Waals surface area contributed by atoms with Gasteiger partial charge in [0.15, 0.2) is 0 Å². The Labute approximate surface area is 101 Å². The van der Waals surface area contributed by atoms with E-state index in [1.54, 1.807) is 7.11 Å². The predicted molar refractivity (Wildman–Crippen MR) is 68.8 cm³/mol. The van der Waals surface area contributed by atoms with Crippen LogP contribution in [0.5, 0.6) is 0 Å². The topological polar surface area (TPSA) is 24.5 Å². The second-order valence-corrected chi connectivity index (χ2v) is 4.94. The second-order valence-electron chi connectivity index (χ2n) is 4.94. The van der Waals surface area contributed by atoms with E-state index in [1.165, 1.54) is 32.5 Å². The van der Waals surface area contributed by atoms with Gasteiger partial charge in [-0.2, -0.15) is 0 Å². The minimum Gasteiger partial charge on any atom is -0.385 e. The fourth-order valence-electron chi connectivity index (χ4n) is 2.48. The Bertz CT molecular complexity index is 169. The Hall–Kier alpha value is -0.120. The van der Waals surface area contributed by atoms with Crippen molar-refractivity contribution in [3.05, 3.63) is 0 Å². The Balaban J connectivity index is 2.25. The summed E-state index contributed by atoms with van der Waals surface area (Å²) in [6, 6.07) is 0.671. The lowest BCUT2D eigenvalue weighted by atomic mass is 9.96. The number of piperidine rings is 1. The lowest BCUT2D eigenvalue weighted by molar-refractivity contribution is 0.0996. The van der Waals surface area contributed by atoms with Gasteiger partial charge < -0.3 is 15.0 Å². The molecule has 1 heterocycles. The molecule has 2 atom stereocenters. The van der Waals surface area contributed by atoms with Gasteiger partial charge in [-0.1, -0.05) is 6.92 Å². The number of methoxy groups -OCH3 is 1. The van der Waals surface area contributed by atoms with Gasteiger partial charge in [-0.05, 0) is 51.7 Å². The lowest BCUT2D eigenvalue weighted by Crippen LogP contribution is -2.44. The first-order valence-electron chi connectivity index (χ1n) is 6.71. The summed E-state index contributed by atoms with van der Waals surface area (Å²) in [4.78, 5) is 2.63. The van der Waals surface area contributed by atoms with E-state index in [4.69, 9.17) is 4.74 Å². The number of likely N-dealkylation sites (tertiary alicyclic amines) is 1. The third-order valence-electron chi connectivity index (χ3n) is 3.60. The van der Waals surface area contributed by atoms with E-state index in [2.05, 4.69) is 24.1 Å². The predicted octanol–water partition coefficient (Wildman–Crippen LogP) is 1.73. The fourth-order valence-corrected chi connectivity index (χ4v) is 2.48. The summed E-state index contributed by atoms with van der Waals surface area (Å²) in [6.07, 6.45) is 3.90. The zero-order valence-corrected chi connectivity index (χ0v) is 11.2. The van der Waals surface area contributed by atoms with Crippen molar-refractivity contribution >= 4 is 0 Å². The maximum absolute atomic E-state index is 5.16. The van der Waals surface area contributed by atoms with Crippen molar-refractivity contribution in [1.82, 2.24) is 10.2 Å². The van der Waals surface area contributed by atoms with Crippen molar-refractivity contribution in [2.75, 3.05) is 39.9 Å². The summed E-state index contributed by atoms with van der Waals surface area (Å²) in [7, 11) is 1.79. The van der Waals surface area contributed by atoms with Crippen LogP contribution in [0.15, 0.2) is 0 Å². The van der Waals surface area contributed by atoms with Gasteiger partial charge in [0.1, 0.15) is 0 Å². The van der Waals surface area contributed by atoms with Crippen LogP contribution in [0.1, 0.15) is 33.1 Å². The van der Waals surface area contributed by atoms with E-state index < -0.39 is 0 Å². The molecular weight excluding hydrogens is 200 g/mol. The molecule has 0 radical (unpaired) electrons. The Morgan fingerprint density at radius 1 is 1.50 bits per heavy atom. The van der Waals surface area contributed by atoms with Gasteiger partial charge in [-0.3, -0.25) is 0 Å². The molecule has 2 unspecified atom stereocenters. The molecule has 0 amide bonds. The summed E-state index contributed by atoms with van der Waals surface area (Å²) in [6.45, 7) is 10.2. The average molecular weight is 228 g/mol. The van der Waals surface area contributed by atoms with Crippen LogP contribution in [0.2, 0.25) is 0 Å². The Morgan fingerprint density at radius 3 is 3.00 bits per heavy atom. The van der Waals surface area contributed by atoms with E-state index in [-0.39, 0.29) is 0 Å². The third-order valence-corrected chi connectivity index (χ3v) is 3.60. The molecule has 0 aromatic carbocycles. The monoisotopic (exact) mass is 228 g/mol. The molecule has 1 aliphatic rings. The smallest absolute Gasteiger partial charge is 0.0477 e. The highest BCUT2D eigenvalue weighted by atomic mass is 16.5. The van der Waals surface area contributed by atoms with E-state index in [1.807, 2.05) is 0 Å². The van der Waals surface area contributed by atoms with Crippen molar-refractivity contribution in [1.29, 1.82) is 0 Å². The molecule has 16 heavy (non-hydrogen) atoms. The molecule has 1 aliphatic heterocycles. The fraction of sp³-hybridized carbons (Fsp3) is 1.00. The van der Waals surface area contributed by atoms with Crippen LogP contribution in [0.3, 0.4) is 0 Å². The maximum atomic E-state index is 5.16. The van der Waals surface area contributed by atoms with Gasteiger partial charge in [0.25, 0.3) is 0 Å². The SMILES string of the molecule is CCNCC1CCCN(C(C)CCOC)C1. The number of ether oxygens (including phenoxy) is 1. The first-order chi connectivity index (χ1) is 7.77. The third kappa shape index (κ3) is 4.81. The number of hydrogen-bond acceptors (Lipinski definition) is 3. The van der Waals surface area contributed by atoms with Crippen LogP contribution in [-0.4, -0.2) is 50.8 Å². The summed E-state index contributed by atoms with van der Waals surface area (Å²) in [5.74, 6) is 0.846. The largest absolute Gasteiger partial charge is 0.385 e. The van der Waals surface area contributed by atoms with Crippen LogP contribution in [0.25, 0.3) is 0 Å². The molecular formula is C13H28N2O. The highest BCUT2D eigenvalue weighted by molar-refractivity contribution is 4.78. The van der Waals surface area contributed by atoms with Crippen molar-refractivity contribution in [3.8, 4) is 0 Å². The molecule has 3 heteroatoms. The van der Waals surface area contributed by atoms with Crippen molar-refractivity contribution in [2.24, 2.45) is 5.92 Å². The molecule has 0 spiro atoms. The quantitative estimate of drug-likeness (QED) is 0.718. The number of nitrogens with zero attached hydrogens (tertiary/aromatic N) is 1. The van der Waals surface area contributed by atoms with Gasteiger partial charge >= 0.3 is 0 Å². The lowest BCUT2D eigenvalue weighted by Gasteiger charge is -2.37. The van der Waals surface area contributed by atoms with Gasteiger partial charge in [0, 0.05) is 26.3 Å². The van der Waals surface area contributed by atoms with Crippen molar-refractivity contribution < 1.29 is 4.74 Å². The van der Waals surface area contributed by atoms with Crippen LogP contribution < -0.4 is 5.32 Å². The molecule has 0 bridgehead atoms. The number of nitrogens with one attached hydrogen (secondary N) is 1. The first kappa shape index (κ1) is 13.9. The Kier molecular flexibility index (Phi) is 7.01. The van der Waals surface area contributed by atoms with E-state index in [0.717, 1.165) is 25.5 Å². The molecule has 96 valence electrons. The van der Waals surface area contributed by atoms with Crippen molar-refractivity contribution in [2.45, 2.75) is 39.2 Å². The molecule has 0 saturated carbocycles. The minimum absolute atomic E-state index is 0.671. The van der Waals surface area contributed by atoms with E-state index in [0.29, 0.717) is 6.04 Å². The average Bonchev–Trinajstić information content (AvgIpc) is 2.33. The molecule has 1 rings (SSSR count). The Morgan fingerprint density at radius 2 is 2.31 bits per heavy atom. The van der Waals surface area contributed by atoms with Crippen molar-refractivity contribution in [3.63, 3.8) is 0 Å².